The minimum absolute atomic E-state index is 0.226. The molecule has 74 valence electrons. The summed E-state index contributed by atoms with van der Waals surface area (Å²) in [5, 5.41) is 0.988. The number of fused-ring (bicyclic) bond motifs is 1. The quantitative estimate of drug-likeness (QED) is 0.690. The molecule has 0 radical (unpaired) electrons. The van der Waals surface area contributed by atoms with Crippen molar-refractivity contribution < 1.29 is 4.74 Å². The molecular weight excluding hydrogens is 186 g/mol. The van der Waals surface area contributed by atoms with Crippen molar-refractivity contribution in [1.29, 1.82) is 0 Å². The average molecular weight is 197 g/mol. The highest BCUT2D eigenvalue weighted by molar-refractivity contribution is 5.84. The summed E-state index contributed by atoms with van der Waals surface area (Å²) in [6, 6.07) is 9.65. The summed E-state index contributed by atoms with van der Waals surface area (Å²) in [5.41, 5.74) is 0.916. The molecule has 0 spiro atoms. The summed E-state index contributed by atoms with van der Waals surface area (Å²) in [7, 11) is 0. The Morgan fingerprint density at radius 2 is 2.13 bits per heavy atom. The van der Waals surface area contributed by atoms with Gasteiger partial charge >= 0.3 is 0 Å². The van der Waals surface area contributed by atoms with Crippen LogP contribution < -0.4 is 4.74 Å². The topological polar surface area (TPSA) is 22.1 Å². The third kappa shape index (κ3) is 1.92. The predicted octanol–water partition coefficient (Wildman–Crippen LogP) is 2.64. The minimum atomic E-state index is -0.226. The number of para-hydroxylation sites is 1. The van der Waals surface area contributed by atoms with Crippen LogP contribution in [0.3, 0.4) is 0 Å². The van der Waals surface area contributed by atoms with Crippen molar-refractivity contribution in [3.63, 3.8) is 0 Å². The highest BCUT2D eigenvalue weighted by Gasteiger charge is 2.04. The number of nitrogens with zero attached hydrogens (tertiary/aromatic N) is 1. The van der Waals surface area contributed by atoms with Crippen molar-refractivity contribution in [3.05, 3.63) is 36.5 Å². The molecule has 0 fully saturated rings. The third-order valence-corrected chi connectivity index (χ3v) is 2.15. The van der Waals surface area contributed by atoms with Crippen molar-refractivity contribution in [2.45, 2.75) is 13.0 Å². The standard InChI is InChI=1S/C13H11NO/c1-3-10(2)15-13-8-9-14-12-7-5-4-6-11(12)13/h1,4-10H,2H3/t10-/m1/s1. The Balaban J connectivity index is 2.48. The van der Waals surface area contributed by atoms with E-state index in [1.54, 1.807) is 6.20 Å². The van der Waals surface area contributed by atoms with Gasteiger partial charge in [0.2, 0.25) is 0 Å². The van der Waals surface area contributed by atoms with Gasteiger partial charge in [-0.05, 0) is 25.1 Å². The van der Waals surface area contributed by atoms with Gasteiger partial charge in [0.15, 0.2) is 6.10 Å². The van der Waals surface area contributed by atoms with Crippen molar-refractivity contribution in [3.8, 4) is 18.1 Å². The molecule has 2 heteroatoms. The molecule has 2 rings (SSSR count). The van der Waals surface area contributed by atoms with E-state index in [2.05, 4.69) is 10.9 Å². The fourth-order valence-electron chi connectivity index (χ4n) is 1.40. The van der Waals surface area contributed by atoms with E-state index in [0.29, 0.717) is 0 Å². The van der Waals surface area contributed by atoms with Crippen LogP contribution in [0.5, 0.6) is 5.75 Å². The number of hydrogen-bond donors (Lipinski definition) is 0. The molecule has 0 saturated heterocycles. The SMILES string of the molecule is C#C[C@@H](C)Oc1ccnc2ccccc12. The Kier molecular flexibility index (Phi) is 2.55. The Morgan fingerprint density at radius 1 is 1.33 bits per heavy atom. The molecule has 0 aliphatic carbocycles. The number of aromatic nitrogens is 1. The third-order valence-electron chi connectivity index (χ3n) is 2.15. The monoisotopic (exact) mass is 197 g/mol. The molecule has 0 saturated carbocycles. The van der Waals surface area contributed by atoms with Gasteiger partial charge in [-0.25, -0.2) is 0 Å². The molecule has 15 heavy (non-hydrogen) atoms. The van der Waals surface area contributed by atoms with Crippen LogP contribution in [0.25, 0.3) is 10.9 Å². The van der Waals surface area contributed by atoms with E-state index in [1.807, 2.05) is 37.3 Å². The van der Waals surface area contributed by atoms with Gasteiger partial charge in [0.25, 0.3) is 0 Å². The van der Waals surface area contributed by atoms with Crippen LogP contribution in [0.15, 0.2) is 36.5 Å². The minimum Gasteiger partial charge on any atom is -0.477 e. The van der Waals surface area contributed by atoms with Gasteiger partial charge in [-0.15, -0.1) is 6.42 Å². The molecule has 0 bridgehead atoms. The van der Waals surface area contributed by atoms with E-state index in [9.17, 15) is 0 Å². The first-order chi connectivity index (χ1) is 7.31. The fourth-order valence-corrected chi connectivity index (χ4v) is 1.40. The summed E-state index contributed by atoms with van der Waals surface area (Å²) in [4.78, 5) is 4.24. The molecule has 1 aromatic heterocycles. The molecule has 1 atom stereocenters. The number of ether oxygens (including phenoxy) is 1. The zero-order valence-corrected chi connectivity index (χ0v) is 8.47. The van der Waals surface area contributed by atoms with Gasteiger partial charge in [-0.2, -0.15) is 0 Å². The first-order valence-corrected chi connectivity index (χ1v) is 4.78. The van der Waals surface area contributed by atoms with E-state index in [0.717, 1.165) is 16.7 Å². The maximum Gasteiger partial charge on any atom is 0.156 e. The maximum absolute atomic E-state index is 5.60. The molecule has 1 heterocycles. The van der Waals surface area contributed by atoms with Crippen LogP contribution in [-0.2, 0) is 0 Å². The summed E-state index contributed by atoms with van der Waals surface area (Å²) >= 11 is 0. The normalized spacial score (nSPS) is 12.0. The van der Waals surface area contributed by atoms with Gasteiger partial charge in [0.1, 0.15) is 5.75 Å². The fraction of sp³-hybridized carbons (Fsp3) is 0.154. The first-order valence-electron chi connectivity index (χ1n) is 4.78. The van der Waals surface area contributed by atoms with Crippen LogP contribution in [0.4, 0.5) is 0 Å². The van der Waals surface area contributed by atoms with Crippen molar-refractivity contribution in [2.24, 2.45) is 0 Å². The lowest BCUT2D eigenvalue weighted by atomic mass is 10.2. The summed E-state index contributed by atoms with van der Waals surface area (Å²) < 4.78 is 5.60. The van der Waals surface area contributed by atoms with Gasteiger partial charge in [0.05, 0.1) is 5.52 Å². The Morgan fingerprint density at radius 3 is 2.93 bits per heavy atom. The highest BCUT2D eigenvalue weighted by Crippen LogP contribution is 2.23. The average Bonchev–Trinajstić information content (AvgIpc) is 2.29. The number of benzene rings is 1. The predicted molar refractivity (Wildman–Crippen MR) is 60.7 cm³/mol. The summed E-state index contributed by atoms with van der Waals surface area (Å²) in [6.07, 6.45) is 6.77. The molecule has 0 N–H and O–H groups in total. The van der Waals surface area contributed by atoms with Crippen molar-refractivity contribution >= 4 is 10.9 Å². The first kappa shape index (κ1) is 9.54. The molecular formula is C13H11NO. The molecule has 0 amide bonds. The molecule has 2 nitrogen and oxygen atoms in total. The van der Waals surface area contributed by atoms with Crippen LogP contribution in [0.2, 0.25) is 0 Å². The second-order valence-corrected chi connectivity index (χ2v) is 3.25. The second-order valence-electron chi connectivity index (χ2n) is 3.25. The van der Waals surface area contributed by atoms with Crippen LogP contribution in [-0.4, -0.2) is 11.1 Å². The largest absolute Gasteiger partial charge is 0.477 e. The summed E-state index contributed by atoms with van der Waals surface area (Å²) in [6.45, 7) is 1.84. The Bertz CT molecular complexity index is 508. The van der Waals surface area contributed by atoms with Gasteiger partial charge in [-0.1, -0.05) is 18.1 Å². The van der Waals surface area contributed by atoms with Crippen molar-refractivity contribution in [2.75, 3.05) is 0 Å². The van der Waals surface area contributed by atoms with Crippen LogP contribution in [0, 0.1) is 12.3 Å². The van der Waals surface area contributed by atoms with Crippen molar-refractivity contribution in [1.82, 2.24) is 4.98 Å². The molecule has 0 aliphatic heterocycles. The summed E-state index contributed by atoms with van der Waals surface area (Å²) in [5.74, 6) is 3.32. The molecule has 0 aliphatic rings. The number of pyridine rings is 1. The lowest BCUT2D eigenvalue weighted by molar-refractivity contribution is 0.282. The van der Waals surface area contributed by atoms with Gasteiger partial charge < -0.3 is 4.74 Å². The van der Waals surface area contributed by atoms with Gasteiger partial charge in [0, 0.05) is 11.6 Å². The van der Waals surface area contributed by atoms with E-state index < -0.39 is 0 Å². The Labute approximate surface area is 88.9 Å². The smallest absolute Gasteiger partial charge is 0.156 e. The molecule has 2 aromatic rings. The molecule has 0 unspecified atom stereocenters. The number of terminal acetylenes is 1. The highest BCUT2D eigenvalue weighted by atomic mass is 16.5. The van der Waals surface area contributed by atoms with E-state index >= 15 is 0 Å². The van der Waals surface area contributed by atoms with E-state index in [-0.39, 0.29) is 6.10 Å². The number of hydrogen-bond acceptors (Lipinski definition) is 2. The maximum atomic E-state index is 5.60. The second kappa shape index (κ2) is 4.02. The zero-order chi connectivity index (χ0) is 10.7. The Hall–Kier alpha value is -2.01. The number of rotatable bonds is 2. The lowest BCUT2D eigenvalue weighted by Gasteiger charge is -2.10. The molecule has 1 aromatic carbocycles. The van der Waals surface area contributed by atoms with Crippen LogP contribution >= 0.6 is 0 Å². The van der Waals surface area contributed by atoms with E-state index in [1.165, 1.54) is 0 Å². The van der Waals surface area contributed by atoms with Crippen LogP contribution in [0.1, 0.15) is 6.92 Å². The van der Waals surface area contributed by atoms with E-state index in [4.69, 9.17) is 11.2 Å². The zero-order valence-electron chi connectivity index (χ0n) is 8.47. The lowest BCUT2D eigenvalue weighted by Crippen LogP contribution is -2.08. The van der Waals surface area contributed by atoms with Gasteiger partial charge in [-0.3, -0.25) is 4.98 Å².